The number of phenolic OH excluding ortho intramolecular Hbond substituents is 1. The van der Waals surface area contributed by atoms with Crippen LogP contribution in [0.4, 0.5) is 5.69 Å². The summed E-state index contributed by atoms with van der Waals surface area (Å²) in [6.07, 6.45) is 1.07. The molecule has 0 aliphatic carbocycles. The lowest BCUT2D eigenvalue weighted by molar-refractivity contribution is 0.304. The van der Waals surface area contributed by atoms with Crippen LogP contribution < -0.4 is 10.2 Å². The summed E-state index contributed by atoms with van der Waals surface area (Å²) < 4.78 is 0. The molecule has 0 aromatic heterocycles. The van der Waals surface area contributed by atoms with Crippen LogP contribution in [0.5, 0.6) is 5.75 Å². The maximum absolute atomic E-state index is 10.0. The molecule has 1 atom stereocenters. The van der Waals surface area contributed by atoms with Gasteiger partial charge in [0.2, 0.25) is 0 Å². The van der Waals surface area contributed by atoms with Crippen molar-refractivity contribution in [3.8, 4) is 5.75 Å². The topological polar surface area (TPSA) is 55.7 Å². The van der Waals surface area contributed by atoms with Crippen LogP contribution >= 0.6 is 0 Å². The summed E-state index contributed by atoms with van der Waals surface area (Å²) in [7, 11) is 1.89. The summed E-state index contributed by atoms with van der Waals surface area (Å²) in [5.41, 5.74) is 1.82. The number of hydrogen-bond donors (Lipinski definition) is 3. The largest absolute Gasteiger partial charge is 0.508 e. The molecule has 1 rings (SSSR count). The number of aromatic hydroxyl groups is 1. The van der Waals surface area contributed by atoms with Gasteiger partial charge in [0.05, 0.1) is 6.61 Å². The highest BCUT2D eigenvalue weighted by atomic mass is 16.3. The summed E-state index contributed by atoms with van der Waals surface area (Å²) in [6, 6.07) is 5.79. The van der Waals surface area contributed by atoms with Crippen LogP contribution in [0.15, 0.2) is 18.2 Å². The van der Waals surface area contributed by atoms with Gasteiger partial charge in [-0.05, 0) is 26.0 Å². The van der Waals surface area contributed by atoms with Crippen LogP contribution in [0.3, 0.4) is 0 Å². The molecule has 0 heterocycles. The minimum Gasteiger partial charge on any atom is -0.508 e. The van der Waals surface area contributed by atoms with Crippen molar-refractivity contribution in [1.82, 2.24) is 5.32 Å². The molecule has 0 spiro atoms. The number of nitrogens with zero attached hydrogens (tertiary/aromatic N) is 1. The van der Waals surface area contributed by atoms with Crippen molar-refractivity contribution >= 4 is 5.69 Å². The molecule has 0 saturated heterocycles. The first-order valence-corrected chi connectivity index (χ1v) is 6.48. The zero-order valence-electron chi connectivity index (χ0n) is 11.5. The molecule has 1 unspecified atom stereocenters. The van der Waals surface area contributed by atoms with Crippen LogP contribution in [0.1, 0.15) is 31.9 Å². The van der Waals surface area contributed by atoms with E-state index >= 15 is 0 Å². The summed E-state index contributed by atoms with van der Waals surface area (Å²) in [5.74, 6) is 0.299. The van der Waals surface area contributed by atoms with Gasteiger partial charge >= 0.3 is 0 Å². The molecule has 0 radical (unpaired) electrons. The minimum absolute atomic E-state index is 0.105. The Kier molecular flexibility index (Phi) is 5.95. The predicted molar refractivity (Wildman–Crippen MR) is 75.2 cm³/mol. The molecule has 0 amide bonds. The van der Waals surface area contributed by atoms with E-state index in [-0.39, 0.29) is 12.6 Å². The van der Waals surface area contributed by atoms with Crippen LogP contribution in [0.2, 0.25) is 0 Å². The van der Waals surface area contributed by atoms with E-state index in [0.717, 1.165) is 24.2 Å². The third kappa shape index (κ3) is 3.89. The van der Waals surface area contributed by atoms with Crippen molar-refractivity contribution in [3.63, 3.8) is 0 Å². The van der Waals surface area contributed by atoms with Gasteiger partial charge < -0.3 is 20.4 Å². The molecule has 0 aliphatic heterocycles. The number of likely N-dealkylation sites (N-methyl/N-ethyl adjacent to an activating group) is 1. The number of nitrogens with one attached hydrogen (secondary N) is 1. The van der Waals surface area contributed by atoms with Crippen LogP contribution in [0, 0.1) is 0 Å². The molecule has 4 nitrogen and oxygen atoms in total. The molecule has 0 fully saturated rings. The predicted octanol–water partition coefficient (Wildman–Crippen LogP) is 1.88. The Morgan fingerprint density at radius 2 is 2.11 bits per heavy atom. The number of aliphatic hydroxyl groups excluding tert-OH is 1. The van der Waals surface area contributed by atoms with E-state index in [4.69, 9.17) is 5.11 Å². The SMILES string of the molecule is CCCNC(C)c1ccc(N(C)CCO)cc1O. The third-order valence-corrected chi connectivity index (χ3v) is 3.06. The van der Waals surface area contributed by atoms with Crippen molar-refractivity contribution in [3.05, 3.63) is 23.8 Å². The van der Waals surface area contributed by atoms with E-state index in [1.807, 2.05) is 31.0 Å². The fourth-order valence-corrected chi connectivity index (χ4v) is 1.89. The molecule has 3 N–H and O–H groups in total. The van der Waals surface area contributed by atoms with E-state index in [9.17, 15) is 5.11 Å². The molecule has 18 heavy (non-hydrogen) atoms. The zero-order valence-corrected chi connectivity index (χ0v) is 11.5. The maximum Gasteiger partial charge on any atom is 0.122 e. The lowest BCUT2D eigenvalue weighted by Crippen LogP contribution is -2.22. The lowest BCUT2D eigenvalue weighted by atomic mass is 10.1. The highest BCUT2D eigenvalue weighted by molar-refractivity contribution is 5.53. The second-order valence-corrected chi connectivity index (χ2v) is 4.56. The number of aliphatic hydroxyl groups is 1. The fourth-order valence-electron chi connectivity index (χ4n) is 1.89. The number of benzene rings is 1. The summed E-state index contributed by atoms with van der Waals surface area (Å²) in [4.78, 5) is 1.91. The van der Waals surface area contributed by atoms with E-state index < -0.39 is 0 Å². The molecular formula is C14H24N2O2. The Hall–Kier alpha value is -1.26. The summed E-state index contributed by atoms with van der Waals surface area (Å²) in [5, 5.41) is 22.3. The molecular weight excluding hydrogens is 228 g/mol. The van der Waals surface area contributed by atoms with Crippen LogP contribution in [0.25, 0.3) is 0 Å². The molecule has 4 heteroatoms. The highest BCUT2D eigenvalue weighted by Crippen LogP contribution is 2.28. The second kappa shape index (κ2) is 7.24. The van der Waals surface area contributed by atoms with Gasteiger partial charge in [0.25, 0.3) is 0 Å². The normalized spacial score (nSPS) is 12.4. The van der Waals surface area contributed by atoms with Crippen molar-refractivity contribution in [1.29, 1.82) is 0 Å². The van der Waals surface area contributed by atoms with Gasteiger partial charge in [0, 0.05) is 37.0 Å². The van der Waals surface area contributed by atoms with Crippen molar-refractivity contribution in [2.75, 3.05) is 31.6 Å². The van der Waals surface area contributed by atoms with Gasteiger partial charge in [-0.1, -0.05) is 13.0 Å². The summed E-state index contributed by atoms with van der Waals surface area (Å²) >= 11 is 0. The van der Waals surface area contributed by atoms with Gasteiger partial charge in [-0.2, -0.15) is 0 Å². The highest BCUT2D eigenvalue weighted by Gasteiger charge is 2.11. The smallest absolute Gasteiger partial charge is 0.122 e. The number of phenols is 1. The Labute approximate surface area is 109 Å². The Morgan fingerprint density at radius 3 is 2.67 bits per heavy atom. The first kappa shape index (κ1) is 14.8. The molecule has 1 aromatic rings. The average Bonchev–Trinajstić information content (AvgIpc) is 2.36. The maximum atomic E-state index is 10.0. The number of rotatable bonds is 7. The Balaban J connectivity index is 2.78. The van der Waals surface area contributed by atoms with Crippen LogP contribution in [-0.2, 0) is 0 Å². The van der Waals surface area contributed by atoms with Gasteiger partial charge in [-0.3, -0.25) is 0 Å². The van der Waals surface area contributed by atoms with E-state index in [0.29, 0.717) is 12.3 Å². The second-order valence-electron chi connectivity index (χ2n) is 4.56. The van der Waals surface area contributed by atoms with Gasteiger partial charge in [-0.15, -0.1) is 0 Å². The summed E-state index contributed by atoms with van der Waals surface area (Å²) in [6.45, 7) is 5.76. The third-order valence-electron chi connectivity index (χ3n) is 3.06. The first-order valence-electron chi connectivity index (χ1n) is 6.48. The van der Waals surface area contributed by atoms with E-state index in [2.05, 4.69) is 12.2 Å². The average molecular weight is 252 g/mol. The van der Waals surface area contributed by atoms with Crippen molar-refractivity contribution < 1.29 is 10.2 Å². The van der Waals surface area contributed by atoms with Crippen molar-refractivity contribution in [2.45, 2.75) is 26.3 Å². The lowest BCUT2D eigenvalue weighted by Gasteiger charge is -2.21. The van der Waals surface area contributed by atoms with E-state index in [1.54, 1.807) is 6.07 Å². The molecule has 0 aliphatic rings. The fraction of sp³-hybridized carbons (Fsp3) is 0.571. The Bertz CT molecular complexity index is 369. The van der Waals surface area contributed by atoms with Gasteiger partial charge in [0.15, 0.2) is 0 Å². The number of hydrogen-bond acceptors (Lipinski definition) is 4. The van der Waals surface area contributed by atoms with Crippen LogP contribution in [-0.4, -0.2) is 37.0 Å². The molecule has 1 aromatic carbocycles. The van der Waals surface area contributed by atoms with E-state index in [1.165, 1.54) is 0 Å². The van der Waals surface area contributed by atoms with Gasteiger partial charge in [0.1, 0.15) is 5.75 Å². The zero-order chi connectivity index (χ0) is 13.5. The van der Waals surface area contributed by atoms with Crippen molar-refractivity contribution in [2.24, 2.45) is 0 Å². The molecule has 0 bridgehead atoms. The molecule has 102 valence electrons. The standard InChI is InChI=1S/C14H24N2O2/c1-4-7-15-11(2)13-6-5-12(10-14(13)18)16(3)8-9-17/h5-6,10-11,15,17-18H,4,7-9H2,1-3H3. The number of anilines is 1. The first-order chi connectivity index (χ1) is 8.60. The molecule has 0 saturated carbocycles. The monoisotopic (exact) mass is 252 g/mol. The minimum atomic E-state index is 0.105. The Morgan fingerprint density at radius 1 is 1.39 bits per heavy atom. The quantitative estimate of drug-likeness (QED) is 0.693. The van der Waals surface area contributed by atoms with Gasteiger partial charge in [-0.25, -0.2) is 0 Å².